The van der Waals surface area contributed by atoms with Gasteiger partial charge in [-0.05, 0) is 0 Å². The van der Waals surface area contributed by atoms with Crippen molar-refractivity contribution in [3.05, 3.63) is 30.5 Å². The van der Waals surface area contributed by atoms with E-state index in [1.807, 2.05) is 4.90 Å². The molecule has 2 N–H and O–H groups in total. The minimum absolute atomic E-state index is 0.0607. The van der Waals surface area contributed by atoms with Crippen LogP contribution >= 0.6 is 0 Å². The van der Waals surface area contributed by atoms with Crippen molar-refractivity contribution >= 4 is 23.4 Å². The molecule has 0 aromatic carbocycles. The number of methoxy groups -OCH3 is 1. The van der Waals surface area contributed by atoms with E-state index >= 15 is 0 Å². The Hall–Kier alpha value is -3.76. The molecule has 29 heavy (non-hydrogen) atoms. The van der Waals surface area contributed by atoms with E-state index in [9.17, 15) is 9.59 Å². The molecule has 1 aliphatic heterocycles. The highest BCUT2D eigenvalue weighted by Gasteiger charge is 2.23. The Balaban J connectivity index is 1.73. The van der Waals surface area contributed by atoms with Gasteiger partial charge in [0, 0.05) is 39.3 Å². The van der Waals surface area contributed by atoms with Crippen LogP contribution in [0.4, 0.5) is 5.95 Å². The molecule has 4 heterocycles. The third-order valence-corrected chi connectivity index (χ3v) is 4.86. The third-order valence-electron chi connectivity index (χ3n) is 4.86. The predicted octanol–water partition coefficient (Wildman–Crippen LogP) is -0.0377. The molecular formula is C18H20N8O3. The molecule has 0 unspecified atom stereocenters. The van der Waals surface area contributed by atoms with E-state index in [1.165, 1.54) is 19.5 Å². The van der Waals surface area contributed by atoms with Crippen LogP contribution in [-0.2, 0) is 4.79 Å². The molecule has 0 radical (unpaired) electrons. The molecule has 3 aromatic heterocycles. The van der Waals surface area contributed by atoms with E-state index < -0.39 is 5.91 Å². The Morgan fingerprint density at radius 2 is 1.83 bits per heavy atom. The van der Waals surface area contributed by atoms with Gasteiger partial charge in [0.05, 0.1) is 31.4 Å². The van der Waals surface area contributed by atoms with E-state index in [4.69, 9.17) is 15.5 Å². The normalized spacial score (nSPS) is 14.3. The monoisotopic (exact) mass is 396 g/mol. The van der Waals surface area contributed by atoms with Gasteiger partial charge in [0.1, 0.15) is 11.4 Å². The molecule has 150 valence electrons. The number of fused-ring (bicyclic) bond motifs is 1. The van der Waals surface area contributed by atoms with E-state index in [-0.39, 0.29) is 11.6 Å². The minimum Gasteiger partial charge on any atom is -0.493 e. The van der Waals surface area contributed by atoms with Gasteiger partial charge in [0.15, 0.2) is 11.4 Å². The summed E-state index contributed by atoms with van der Waals surface area (Å²) in [6, 6.07) is 0. The Labute approximate surface area is 166 Å². The van der Waals surface area contributed by atoms with Gasteiger partial charge >= 0.3 is 0 Å². The Kier molecular flexibility index (Phi) is 4.71. The molecule has 11 nitrogen and oxygen atoms in total. The number of carbonyl (C=O) groups excluding carboxylic acids is 2. The van der Waals surface area contributed by atoms with Crippen LogP contribution in [0.1, 0.15) is 17.4 Å². The summed E-state index contributed by atoms with van der Waals surface area (Å²) in [5.41, 5.74) is 7.16. The highest BCUT2D eigenvalue weighted by molar-refractivity contribution is 5.90. The summed E-state index contributed by atoms with van der Waals surface area (Å²) in [6.07, 6.45) is 6.22. The molecule has 1 aliphatic rings. The number of primary amides is 1. The zero-order valence-corrected chi connectivity index (χ0v) is 16.1. The van der Waals surface area contributed by atoms with E-state index in [1.54, 1.807) is 28.6 Å². The fourth-order valence-corrected chi connectivity index (χ4v) is 3.26. The summed E-state index contributed by atoms with van der Waals surface area (Å²) in [5, 5.41) is 0. The Morgan fingerprint density at radius 3 is 2.48 bits per heavy atom. The highest BCUT2D eigenvalue weighted by atomic mass is 16.5. The summed E-state index contributed by atoms with van der Waals surface area (Å²) < 4.78 is 7.13. The van der Waals surface area contributed by atoms with Gasteiger partial charge in [0.2, 0.25) is 11.9 Å². The predicted molar refractivity (Wildman–Crippen MR) is 104 cm³/mol. The molecule has 1 saturated heterocycles. The number of anilines is 1. The number of amides is 2. The molecule has 0 saturated carbocycles. The molecule has 0 aliphatic carbocycles. The maximum Gasteiger partial charge on any atom is 0.268 e. The van der Waals surface area contributed by atoms with Crippen molar-refractivity contribution in [2.45, 2.75) is 6.92 Å². The van der Waals surface area contributed by atoms with Crippen molar-refractivity contribution in [2.75, 3.05) is 38.2 Å². The molecule has 0 bridgehead atoms. The smallest absolute Gasteiger partial charge is 0.268 e. The summed E-state index contributed by atoms with van der Waals surface area (Å²) in [5.74, 6) is 0.425. The van der Waals surface area contributed by atoms with Crippen LogP contribution in [-0.4, -0.2) is 74.3 Å². The quantitative estimate of drug-likeness (QED) is 0.650. The van der Waals surface area contributed by atoms with Gasteiger partial charge < -0.3 is 20.3 Å². The first kappa shape index (κ1) is 18.6. The topological polar surface area (TPSA) is 132 Å². The lowest BCUT2D eigenvalue weighted by atomic mass is 10.3. The molecule has 3 aromatic rings. The van der Waals surface area contributed by atoms with Gasteiger partial charge in [-0.3, -0.25) is 14.0 Å². The van der Waals surface area contributed by atoms with Crippen LogP contribution in [0.25, 0.3) is 17.0 Å². The van der Waals surface area contributed by atoms with Gasteiger partial charge in [0.25, 0.3) is 5.91 Å². The molecule has 0 spiro atoms. The van der Waals surface area contributed by atoms with Crippen LogP contribution in [0, 0.1) is 0 Å². The van der Waals surface area contributed by atoms with Crippen molar-refractivity contribution in [1.82, 2.24) is 29.2 Å². The fraction of sp³-hybridized carbons (Fsp3) is 0.333. The maximum atomic E-state index is 11.5. The Bertz CT molecular complexity index is 1090. The van der Waals surface area contributed by atoms with Crippen molar-refractivity contribution in [2.24, 2.45) is 5.73 Å². The number of carbonyl (C=O) groups is 2. The number of nitrogens with two attached hydrogens (primary N) is 1. The van der Waals surface area contributed by atoms with Crippen molar-refractivity contribution < 1.29 is 14.3 Å². The first-order valence-corrected chi connectivity index (χ1v) is 9.02. The number of nitrogens with zero attached hydrogens (tertiary/aromatic N) is 7. The minimum atomic E-state index is -0.634. The average Bonchev–Trinajstić information content (AvgIpc) is 3.16. The van der Waals surface area contributed by atoms with Crippen LogP contribution in [0.15, 0.2) is 24.8 Å². The number of hydrogen-bond acceptors (Lipinski definition) is 8. The zero-order chi connectivity index (χ0) is 20.5. The fourth-order valence-electron chi connectivity index (χ4n) is 3.26. The van der Waals surface area contributed by atoms with E-state index in [0.717, 1.165) is 0 Å². The van der Waals surface area contributed by atoms with Crippen LogP contribution in [0.5, 0.6) is 5.75 Å². The first-order chi connectivity index (χ1) is 14.0. The average molecular weight is 396 g/mol. The molecule has 4 rings (SSSR count). The van der Waals surface area contributed by atoms with Gasteiger partial charge in [-0.2, -0.15) is 0 Å². The van der Waals surface area contributed by atoms with Crippen molar-refractivity contribution in [3.8, 4) is 17.1 Å². The summed E-state index contributed by atoms with van der Waals surface area (Å²) in [4.78, 5) is 44.3. The molecule has 2 amide bonds. The number of hydrogen-bond donors (Lipinski definition) is 1. The van der Waals surface area contributed by atoms with Crippen LogP contribution in [0.3, 0.4) is 0 Å². The molecular weight excluding hydrogens is 376 g/mol. The number of piperazine rings is 1. The SMILES string of the molecule is COc1cnc(N2CCN(C(C)=O)CC2)nc1-c1cnc2cnc(C(N)=O)cn12. The van der Waals surface area contributed by atoms with Crippen molar-refractivity contribution in [3.63, 3.8) is 0 Å². The number of aromatic nitrogens is 5. The summed E-state index contributed by atoms with van der Waals surface area (Å²) >= 11 is 0. The zero-order valence-electron chi connectivity index (χ0n) is 16.1. The first-order valence-electron chi connectivity index (χ1n) is 9.02. The molecule has 1 fully saturated rings. The Morgan fingerprint density at radius 1 is 1.07 bits per heavy atom. The second-order valence-electron chi connectivity index (χ2n) is 6.59. The highest BCUT2D eigenvalue weighted by Crippen LogP contribution is 2.29. The molecule has 0 atom stereocenters. The van der Waals surface area contributed by atoms with Crippen LogP contribution < -0.4 is 15.4 Å². The largest absolute Gasteiger partial charge is 0.493 e. The number of imidazole rings is 1. The second-order valence-corrected chi connectivity index (χ2v) is 6.59. The maximum absolute atomic E-state index is 11.5. The van der Waals surface area contributed by atoms with Crippen LogP contribution in [0.2, 0.25) is 0 Å². The molecule has 11 heteroatoms. The van der Waals surface area contributed by atoms with Gasteiger partial charge in [-0.1, -0.05) is 0 Å². The number of rotatable bonds is 4. The van der Waals surface area contributed by atoms with E-state index in [0.29, 0.717) is 54.9 Å². The summed E-state index contributed by atoms with van der Waals surface area (Å²) in [6.45, 7) is 4.06. The van der Waals surface area contributed by atoms with E-state index in [2.05, 4.69) is 15.0 Å². The second kappa shape index (κ2) is 7.34. The third kappa shape index (κ3) is 3.42. The lowest BCUT2D eigenvalue weighted by molar-refractivity contribution is -0.129. The van der Waals surface area contributed by atoms with Gasteiger partial charge in [-0.25, -0.2) is 19.9 Å². The lowest BCUT2D eigenvalue weighted by Crippen LogP contribution is -2.48. The lowest BCUT2D eigenvalue weighted by Gasteiger charge is -2.34. The number of ether oxygens (including phenoxy) is 1. The van der Waals surface area contributed by atoms with Crippen molar-refractivity contribution in [1.29, 1.82) is 0 Å². The standard InChI is InChI=1S/C18H20N8O3/c1-11(27)24-3-5-25(6-4-24)18-22-8-14(29-2)16(23-18)13-7-21-15-9-20-12(17(19)28)10-26(13)15/h7-10H,3-6H2,1-2H3,(H2,19,28). The summed E-state index contributed by atoms with van der Waals surface area (Å²) in [7, 11) is 1.53. The van der Waals surface area contributed by atoms with Gasteiger partial charge in [-0.15, -0.1) is 0 Å².